The highest BCUT2D eigenvalue weighted by atomic mass is 127. The van der Waals surface area contributed by atoms with Crippen LogP contribution >= 0.6 is 35.7 Å². The molecule has 1 aliphatic carbocycles. The van der Waals surface area contributed by atoms with Gasteiger partial charge in [0.25, 0.3) is 0 Å². The van der Waals surface area contributed by atoms with Crippen LogP contribution in [0.25, 0.3) is 0 Å². The van der Waals surface area contributed by atoms with E-state index in [2.05, 4.69) is 50.5 Å². The van der Waals surface area contributed by atoms with Crippen LogP contribution in [0.5, 0.6) is 5.75 Å². The number of thioether (sulfide) groups is 1. The zero-order valence-electron chi connectivity index (χ0n) is 17.9. The Bertz CT molecular complexity index is 689. The van der Waals surface area contributed by atoms with Crippen molar-refractivity contribution in [3.8, 4) is 5.75 Å². The summed E-state index contributed by atoms with van der Waals surface area (Å²) in [4.78, 5) is 7.08. The predicted octanol–water partition coefficient (Wildman–Crippen LogP) is 2.97. The maximum atomic E-state index is 6.04. The van der Waals surface area contributed by atoms with E-state index < -0.39 is 0 Å². The minimum atomic E-state index is 0. The summed E-state index contributed by atoms with van der Waals surface area (Å²) in [5, 5.41) is 7.08. The topological polar surface area (TPSA) is 58.1 Å². The Balaban J connectivity index is 0.00000256. The largest absolute Gasteiger partial charge is 0.493 e. The number of hydrogen-bond acceptors (Lipinski definition) is 5. The van der Waals surface area contributed by atoms with Gasteiger partial charge in [-0.3, -0.25) is 9.89 Å². The highest BCUT2D eigenvalue weighted by Crippen LogP contribution is 2.33. The van der Waals surface area contributed by atoms with E-state index in [1.165, 1.54) is 36.3 Å². The molecule has 8 heteroatoms. The van der Waals surface area contributed by atoms with Crippen molar-refractivity contribution in [2.75, 3.05) is 58.0 Å². The summed E-state index contributed by atoms with van der Waals surface area (Å²) in [6.45, 7) is 6.21. The number of benzene rings is 1. The first-order valence-corrected chi connectivity index (χ1v) is 12.0. The number of guanidine groups is 1. The van der Waals surface area contributed by atoms with Crippen molar-refractivity contribution < 1.29 is 9.47 Å². The summed E-state index contributed by atoms with van der Waals surface area (Å²) in [7, 11) is 1.84. The predicted molar refractivity (Wildman–Crippen MR) is 135 cm³/mol. The first kappa shape index (κ1) is 23.9. The van der Waals surface area contributed by atoms with E-state index in [4.69, 9.17) is 9.47 Å². The number of para-hydroxylation sites is 1. The number of hydrogen-bond donors (Lipinski definition) is 2. The lowest BCUT2D eigenvalue weighted by Gasteiger charge is -2.43. The lowest BCUT2D eigenvalue weighted by atomic mass is 9.95. The van der Waals surface area contributed by atoms with Crippen LogP contribution in [0.4, 0.5) is 0 Å². The standard InChI is InChI=1S/C22H34N4O2S.HI/c1-23-21(24-14-19-4-2-3-5-20(19)28-15-18-6-7-18)25-16-22(8-13-29-17-22)26-9-11-27-12-10-26;/h2-5,18H,6-17H2,1H3,(H2,23,24,25);1H. The van der Waals surface area contributed by atoms with E-state index in [9.17, 15) is 0 Å². The molecule has 6 nitrogen and oxygen atoms in total. The van der Waals surface area contributed by atoms with E-state index >= 15 is 0 Å². The first-order valence-electron chi connectivity index (χ1n) is 10.8. The minimum absolute atomic E-state index is 0. The lowest BCUT2D eigenvalue weighted by Crippen LogP contribution is -2.60. The summed E-state index contributed by atoms with van der Waals surface area (Å²) in [5.74, 6) is 5.00. The highest BCUT2D eigenvalue weighted by molar-refractivity contribution is 14.0. The molecule has 0 amide bonds. The monoisotopic (exact) mass is 546 g/mol. The van der Waals surface area contributed by atoms with Crippen LogP contribution < -0.4 is 15.4 Å². The van der Waals surface area contributed by atoms with E-state index in [1.54, 1.807) is 0 Å². The number of nitrogens with zero attached hydrogens (tertiary/aromatic N) is 2. The molecule has 0 radical (unpaired) electrons. The normalized spacial score (nSPS) is 24.9. The summed E-state index contributed by atoms with van der Waals surface area (Å²) in [6.07, 6.45) is 3.83. The molecule has 1 saturated carbocycles. The minimum Gasteiger partial charge on any atom is -0.493 e. The molecule has 2 aliphatic heterocycles. The third kappa shape index (κ3) is 6.40. The first-order chi connectivity index (χ1) is 14.3. The van der Waals surface area contributed by atoms with Gasteiger partial charge in [-0.05, 0) is 37.0 Å². The molecule has 4 rings (SSSR count). The Kier molecular flexibility index (Phi) is 9.40. The Morgan fingerprint density at radius 3 is 2.77 bits per heavy atom. The maximum Gasteiger partial charge on any atom is 0.191 e. The molecule has 2 heterocycles. The molecule has 3 aliphatic rings. The van der Waals surface area contributed by atoms with Gasteiger partial charge in [-0.2, -0.15) is 11.8 Å². The third-order valence-corrected chi connectivity index (χ3v) is 7.40. The number of aliphatic imine (C=N–C) groups is 1. The van der Waals surface area contributed by atoms with Gasteiger partial charge in [0, 0.05) is 50.1 Å². The number of ether oxygens (including phenoxy) is 2. The molecule has 3 fully saturated rings. The quantitative estimate of drug-likeness (QED) is 0.297. The van der Waals surface area contributed by atoms with Crippen LogP contribution in [0.15, 0.2) is 29.3 Å². The van der Waals surface area contributed by atoms with Crippen LogP contribution in [-0.4, -0.2) is 74.4 Å². The van der Waals surface area contributed by atoms with Crippen LogP contribution in [0.3, 0.4) is 0 Å². The zero-order chi connectivity index (χ0) is 19.9. The Morgan fingerprint density at radius 2 is 2.07 bits per heavy atom. The zero-order valence-corrected chi connectivity index (χ0v) is 21.0. The van der Waals surface area contributed by atoms with Crippen molar-refractivity contribution in [1.29, 1.82) is 0 Å². The van der Waals surface area contributed by atoms with Gasteiger partial charge >= 0.3 is 0 Å². The average molecular weight is 547 g/mol. The number of morpholine rings is 1. The molecule has 0 aromatic heterocycles. The van der Waals surface area contributed by atoms with Crippen LogP contribution in [0.2, 0.25) is 0 Å². The second-order valence-corrected chi connectivity index (χ2v) is 9.37. The van der Waals surface area contributed by atoms with Crippen molar-refractivity contribution in [3.05, 3.63) is 29.8 Å². The molecular weight excluding hydrogens is 511 g/mol. The summed E-state index contributed by atoms with van der Waals surface area (Å²) < 4.78 is 11.6. The van der Waals surface area contributed by atoms with Crippen molar-refractivity contribution >= 4 is 41.7 Å². The van der Waals surface area contributed by atoms with Gasteiger partial charge in [-0.15, -0.1) is 24.0 Å². The van der Waals surface area contributed by atoms with Gasteiger partial charge in [0.15, 0.2) is 5.96 Å². The number of rotatable bonds is 8. The van der Waals surface area contributed by atoms with Gasteiger partial charge in [-0.25, -0.2) is 0 Å². The van der Waals surface area contributed by atoms with Crippen molar-refractivity contribution in [3.63, 3.8) is 0 Å². The molecule has 2 saturated heterocycles. The third-order valence-electron chi connectivity index (χ3n) is 6.16. The van der Waals surface area contributed by atoms with Crippen LogP contribution in [0, 0.1) is 5.92 Å². The average Bonchev–Trinajstić information content (AvgIpc) is 3.49. The molecule has 168 valence electrons. The van der Waals surface area contributed by atoms with Crippen molar-refractivity contribution in [2.24, 2.45) is 10.9 Å². The fourth-order valence-electron chi connectivity index (χ4n) is 4.07. The van der Waals surface area contributed by atoms with Crippen LogP contribution in [0.1, 0.15) is 24.8 Å². The Labute approximate surface area is 202 Å². The molecule has 30 heavy (non-hydrogen) atoms. The van der Waals surface area contributed by atoms with Gasteiger partial charge in [-0.1, -0.05) is 18.2 Å². The molecular formula is C22H35IN4O2S. The van der Waals surface area contributed by atoms with E-state index in [-0.39, 0.29) is 29.5 Å². The fraction of sp³-hybridized carbons (Fsp3) is 0.682. The molecule has 0 spiro atoms. The van der Waals surface area contributed by atoms with Gasteiger partial charge in [0.05, 0.1) is 19.8 Å². The van der Waals surface area contributed by atoms with Gasteiger partial charge in [0.2, 0.25) is 0 Å². The fourth-order valence-corrected chi connectivity index (χ4v) is 5.54. The lowest BCUT2D eigenvalue weighted by molar-refractivity contribution is -0.0120. The number of nitrogens with one attached hydrogen (secondary N) is 2. The van der Waals surface area contributed by atoms with Crippen LogP contribution in [-0.2, 0) is 11.3 Å². The van der Waals surface area contributed by atoms with Gasteiger partial charge in [0.1, 0.15) is 5.75 Å². The maximum absolute atomic E-state index is 6.04. The molecule has 1 aromatic carbocycles. The summed E-state index contributed by atoms with van der Waals surface area (Å²) in [5.41, 5.74) is 1.38. The van der Waals surface area contributed by atoms with E-state index in [1.807, 2.05) is 13.1 Å². The molecule has 2 N–H and O–H groups in total. The highest BCUT2D eigenvalue weighted by Gasteiger charge is 2.40. The van der Waals surface area contributed by atoms with E-state index in [0.717, 1.165) is 57.1 Å². The smallest absolute Gasteiger partial charge is 0.191 e. The molecule has 1 aromatic rings. The molecule has 1 atom stereocenters. The second-order valence-electron chi connectivity index (χ2n) is 8.27. The Hall–Kier alpha value is -0.710. The second kappa shape index (κ2) is 11.8. The van der Waals surface area contributed by atoms with Gasteiger partial charge < -0.3 is 20.1 Å². The van der Waals surface area contributed by atoms with Crippen molar-refractivity contribution in [1.82, 2.24) is 15.5 Å². The molecule has 1 unspecified atom stereocenters. The van der Waals surface area contributed by atoms with Crippen molar-refractivity contribution in [2.45, 2.75) is 31.3 Å². The van der Waals surface area contributed by atoms with E-state index in [0.29, 0.717) is 6.54 Å². The Morgan fingerprint density at radius 1 is 1.27 bits per heavy atom. The SMILES string of the molecule is CN=C(NCc1ccccc1OCC1CC1)NCC1(N2CCOCC2)CCSC1.I. The number of halogens is 1. The molecule has 0 bridgehead atoms. The summed E-state index contributed by atoms with van der Waals surface area (Å²) >= 11 is 2.06. The summed E-state index contributed by atoms with van der Waals surface area (Å²) in [6, 6.07) is 8.31.